The van der Waals surface area contributed by atoms with Crippen LogP contribution in [-0.2, 0) is 10.2 Å². The van der Waals surface area contributed by atoms with Crippen LogP contribution < -0.4 is 10.1 Å². The maximum atomic E-state index is 13.4. The van der Waals surface area contributed by atoms with E-state index in [-0.39, 0.29) is 40.2 Å². The van der Waals surface area contributed by atoms with E-state index >= 15 is 0 Å². The van der Waals surface area contributed by atoms with Crippen LogP contribution in [0, 0.1) is 5.82 Å². The van der Waals surface area contributed by atoms with Crippen LogP contribution in [0.2, 0.25) is 5.02 Å². The van der Waals surface area contributed by atoms with E-state index in [9.17, 15) is 14.0 Å². The van der Waals surface area contributed by atoms with E-state index < -0.39 is 11.9 Å². The highest BCUT2D eigenvalue weighted by Crippen LogP contribution is 2.67. The fraction of sp³-hybridized carbons (Fsp3) is 0.500. The standard InChI is InChI=1S/C20H20ClFN4O5/c21-13-2-1-12(5-14(13)22)30-7-15(27)23-20-8-19(9-20,10-20)17-25-24-16(31-17)11-3-4-26(6-11)18(28)29/h1-2,5,11H,3-4,6-10H2,(H,23,27)(H,28,29). The second kappa shape index (κ2) is 7.08. The Kier molecular flexibility index (Phi) is 4.58. The van der Waals surface area contributed by atoms with Gasteiger partial charge in [0.25, 0.3) is 5.91 Å². The molecule has 3 saturated carbocycles. The summed E-state index contributed by atoms with van der Waals surface area (Å²) in [7, 11) is 0. The summed E-state index contributed by atoms with van der Waals surface area (Å²) in [4.78, 5) is 24.7. The minimum absolute atomic E-state index is 0.00714. The molecular formula is C20H20ClFN4O5. The number of carbonyl (C=O) groups excluding carboxylic acids is 1. The van der Waals surface area contributed by atoms with Crippen LogP contribution in [0.1, 0.15) is 43.4 Å². The van der Waals surface area contributed by atoms with Crippen molar-refractivity contribution in [3.05, 3.63) is 40.8 Å². The van der Waals surface area contributed by atoms with Gasteiger partial charge in [-0.2, -0.15) is 0 Å². The lowest BCUT2D eigenvalue weighted by atomic mass is 9.39. The van der Waals surface area contributed by atoms with Gasteiger partial charge < -0.3 is 24.5 Å². The Labute approximate surface area is 181 Å². The summed E-state index contributed by atoms with van der Waals surface area (Å²) >= 11 is 5.63. The molecule has 1 aromatic heterocycles. The Morgan fingerprint density at radius 3 is 2.81 bits per heavy atom. The van der Waals surface area contributed by atoms with E-state index in [0.29, 0.717) is 50.6 Å². The van der Waals surface area contributed by atoms with Crippen LogP contribution in [-0.4, -0.2) is 57.4 Å². The molecule has 1 aromatic carbocycles. The summed E-state index contributed by atoms with van der Waals surface area (Å²) in [5.41, 5.74) is -0.516. The molecule has 2 aromatic rings. The second-order valence-corrected chi connectivity index (χ2v) is 9.07. The zero-order valence-electron chi connectivity index (χ0n) is 16.4. The molecule has 9 nitrogen and oxygen atoms in total. The number of ether oxygens (including phenoxy) is 1. The third-order valence-electron chi connectivity index (χ3n) is 6.40. The van der Waals surface area contributed by atoms with Gasteiger partial charge in [-0.3, -0.25) is 4.79 Å². The SMILES string of the molecule is O=C(COc1ccc(Cl)c(F)c1)NC12CC(c3nnc(C4CCN(C(=O)O)C4)o3)(C1)C2. The fourth-order valence-corrected chi connectivity index (χ4v) is 5.06. The van der Waals surface area contributed by atoms with E-state index in [1.807, 2.05) is 0 Å². The number of rotatable bonds is 6. The largest absolute Gasteiger partial charge is 0.484 e. The van der Waals surface area contributed by atoms with Crippen LogP contribution in [0.25, 0.3) is 0 Å². The van der Waals surface area contributed by atoms with E-state index in [1.165, 1.54) is 17.0 Å². The summed E-state index contributed by atoms with van der Waals surface area (Å²) in [5, 5.41) is 20.4. The number of likely N-dealkylation sites (tertiary alicyclic amines) is 1. The number of aromatic nitrogens is 2. The molecule has 0 radical (unpaired) electrons. The Bertz CT molecular complexity index is 1040. The molecule has 3 aliphatic carbocycles. The second-order valence-electron chi connectivity index (χ2n) is 8.66. The van der Waals surface area contributed by atoms with Gasteiger partial charge in [-0.05, 0) is 37.8 Å². The van der Waals surface area contributed by atoms with Crippen molar-refractivity contribution in [3.63, 3.8) is 0 Å². The van der Waals surface area contributed by atoms with Crippen LogP contribution in [0.4, 0.5) is 9.18 Å². The quantitative estimate of drug-likeness (QED) is 0.694. The average molecular weight is 451 g/mol. The summed E-state index contributed by atoms with van der Waals surface area (Å²) in [6, 6.07) is 4.01. The van der Waals surface area contributed by atoms with Crippen molar-refractivity contribution in [2.75, 3.05) is 19.7 Å². The first-order chi connectivity index (χ1) is 14.8. The third-order valence-corrected chi connectivity index (χ3v) is 6.70. The highest BCUT2D eigenvalue weighted by atomic mass is 35.5. The minimum Gasteiger partial charge on any atom is -0.484 e. The van der Waals surface area contributed by atoms with Gasteiger partial charge in [0, 0.05) is 24.7 Å². The number of nitrogens with zero attached hydrogens (tertiary/aromatic N) is 3. The van der Waals surface area contributed by atoms with E-state index in [4.69, 9.17) is 25.9 Å². The van der Waals surface area contributed by atoms with Crippen molar-refractivity contribution in [1.29, 1.82) is 0 Å². The fourth-order valence-electron chi connectivity index (χ4n) is 4.94. The van der Waals surface area contributed by atoms with Crippen molar-refractivity contribution in [1.82, 2.24) is 20.4 Å². The zero-order valence-corrected chi connectivity index (χ0v) is 17.2. The lowest BCUT2D eigenvalue weighted by Crippen LogP contribution is -2.77. The third kappa shape index (κ3) is 3.48. The summed E-state index contributed by atoms with van der Waals surface area (Å²) in [6.07, 6.45) is 1.83. The molecule has 2 bridgehead atoms. The van der Waals surface area contributed by atoms with Crippen LogP contribution in [0.15, 0.2) is 22.6 Å². The highest BCUT2D eigenvalue weighted by Gasteiger charge is 2.71. The van der Waals surface area contributed by atoms with Crippen LogP contribution in [0.3, 0.4) is 0 Å². The molecule has 6 rings (SSSR count). The van der Waals surface area contributed by atoms with Crippen molar-refractivity contribution in [2.45, 2.75) is 42.6 Å². The minimum atomic E-state index is -0.940. The molecule has 2 heterocycles. The van der Waals surface area contributed by atoms with Crippen LogP contribution in [0.5, 0.6) is 5.75 Å². The molecule has 1 unspecified atom stereocenters. The Morgan fingerprint density at radius 2 is 2.13 bits per heavy atom. The maximum Gasteiger partial charge on any atom is 0.407 e. The molecular weight excluding hydrogens is 431 g/mol. The number of carbonyl (C=O) groups is 2. The molecule has 4 fully saturated rings. The molecule has 1 atom stereocenters. The van der Waals surface area contributed by atoms with E-state index in [1.54, 1.807) is 0 Å². The first-order valence-electron chi connectivity index (χ1n) is 9.98. The Morgan fingerprint density at radius 1 is 1.35 bits per heavy atom. The number of amides is 2. The molecule has 0 spiro atoms. The molecule has 164 valence electrons. The van der Waals surface area contributed by atoms with Crippen molar-refractivity contribution < 1.29 is 28.2 Å². The Balaban J connectivity index is 1.12. The van der Waals surface area contributed by atoms with Crippen LogP contribution >= 0.6 is 11.6 Å². The summed E-state index contributed by atoms with van der Waals surface area (Å²) in [5.74, 6) is 0.305. The van der Waals surface area contributed by atoms with Gasteiger partial charge in [0.1, 0.15) is 11.6 Å². The smallest absolute Gasteiger partial charge is 0.407 e. The van der Waals surface area contributed by atoms with Gasteiger partial charge in [0.15, 0.2) is 6.61 Å². The highest BCUT2D eigenvalue weighted by molar-refractivity contribution is 6.30. The molecule has 1 saturated heterocycles. The molecule has 31 heavy (non-hydrogen) atoms. The predicted molar refractivity (Wildman–Crippen MR) is 105 cm³/mol. The van der Waals surface area contributed by atoms with Crippen molar-refractivity contribution in [3.8, 4) is 5.75 Å². The summed E-state index contributed by atoms with van der Waals surface area (Å²) in [6.45, 7) is 0.604. The van der Waals surface area contributed by atoms with Gasteiger partial charge in [-0.15, -0.1) is 10.2 Å². The molecule has 2 N–H and O–H groups in total. The van der Waals surface area contributed by atoms with Gasteiger partial charge in [0.2, 0.25) is 11.8 Å². The summed E-state index contributed by atoms with van der Waals surface area (Å²) < 4.78 is 24.7. The molecule has 4 aliphatic rings. The first-order valence-corrected chi connectivity index (χ1v) is 10.4. The molecule has 11 heteroatoms. The molecule has 1 aliphatic heterocycles. The monoisotopic (exact) mass is 450 g/mol. The van der Waals surface area contributed by atoms with E-state index in [2.05, 4.69) is 15.5 Å². The molecule has 2 amide bonds. The zero-order chi connectivity index (χ0) is 21.8. The van der Waals surface area contributed by atoms with Gasteiger partial charge in [-0.25, -0.2) is 9.18 Å². The average Bonchev–Trinajstić information content (AvgIpc) is 3.34. The number of benzene rings is 1. The number of halogens is 2. The van der Waals surface area contributed by atoms with Gasteiger partial charge >= 0.3 is 6.09 Å². The lowest BCUT2D eigenvalue weighted by Gasteiger charge is -2.68. The van der Waals surface area contributed by atoms with Gasteiger partial charge in [-0.1, -0.05) is 11.6 Å². The maximum absolute atomic E-state index is 13.4. The Hall–Kier alpha value is -2.88. The lowest BCUT2D eigenvalue weighted by molar-refractivity contribution is -0.143. The number of carboxylic acid groups (broad SMARTS) is 1. The predicted octanol–water partition coefficient (Wildman–Crippen LogP) is 2.70. The number of nitrogens with one attached hydrogen (secondary N) is 1. The number of hydrogen-bond acceptors (Lipinski definition) is 6. The van der Waals surface area contributed by atoms with Crippen molar-refractivity contribution >= 4 is 23.6 Å². The normalized spacial score (nSPS) is 28.6. The van der Waals surface area contributed by atoms with Gasteiger partial charge in [0.05, 0.1) is 16.4 Å². The topological polar surface area (TPSA) is 118 Å². The van der Waals surface area contributed by atoms with Crippen molar-refractivity contribution in [2.24, 2.45) is 0 Å². The van der Waals surface area contributed by atoms with E-state index in [0.717, 1.165) is 6.07 Å². The first kappa shape index (κ1) is 20.0. The number of hydrogen-bond donors (Lipinski definition) is 2.